The van der Waals surface area contributed by atoms with Gasteiger partial charge in [-0.25, -0.2) is 8.42 Å². The van der Waals surface area contributed by atoms with E-state index in [1.807, 2.05) is 0 Å². The van der Waals surface area contributed by atoms with Crippen molar-refractivity contribution in [2.24, 2.45) is 0 Å². The van der Waals surface area contributed by atoms with Crippen LogP contribution in [0, 0.1) is 0 Å². The van der Waals surface area contributed by atoms with Gasteiger partial charge in [-0.05, 0) is 12.1 Å². The maximum Gasteiger partial charge on any atom is 0.229 e. The Balaban J connectivity index is 3.17. The molecule has 0 aromatic heterocycles. The van der Waals surface area contributed by atoms with Gasteiger partial charge >= 0.3 is 0 Å². The Morgan fingerprint density at radius 3 is 2.36 bits per heavy atom. The molecule has 0 saturated heterocycles. The highest BCUT2D eigenvalue weighted by Crippen LogP contribution is 2.31. The summed E-state index contributed by atoms with van der Waals surface area (Å²) >= 11 is 11.4. The lowest BCUT2D eigenvalue weighted by Gasteiger charge is -2.07. The summed E-state index contributed by atoms with van der Waals surface area (Å²) in [7, 11) is -3.36. The first kappa shape index (κ1) is 11.4. The first-order chi connectivity index (χ1) is 6.29. The maximum atomic E-state index is 10.9. The van der Waals surface area contributed by atoms with Crippen LogP contribution in [0.3, 0.4) is 0 Å². The number of nitrogens with two attached hydrogens (primary N) is 1. The summed E-state index contributed by atoms with van der Waals surface area (Å²) in [6.07, 6.45) is 1.02. The molecule has 0 unspecified atom stereocenters. The van der Waals surface area contributed by atoms with E-state index in [9.17, 15) is 8.42 Å². The molecule has 14 heavy (non-hydrogen) atoms. The van der Waals surface area contributed by atoms with Crippen LogP contribution in [0.4, 0.5) is 11.4 Å². The van der Waals surface area contributed by atoms with Crippen molar-refractivity contribution in [2.45, 2.75) is 0 Å². The average Bonchev–Trinajstić information content (AvgIpc) is 1.97. The van der Waals surface area contributed by atoms with E-state index in [0.717, 1.165) is 6.26 Å². The summed E-state index contributed by atoms with van der Waals surface area (Å²) in [6.45, 7) is 0. The average molecular weight is 255 g/mol. The molecule has 7 heteroatoms. The van der Waals surface area contributed by atoms with E-state index in [4.69, 9.17) is 28.9 Å². The predicted octanol–water partition coefficient (Wildman–Crippen LogP) is 1.95. The Morgan fingerprint density at radius 2 is 1.86 bits per heavy atom. The van der Waals surface area contributed by atoms with Crippen molar-refractivity contribution >= 4 is 44.6 Å². The molecule has 1 aromatic carbocycles. The molecule has 0 aliphatic rings. The van der Waals surface area contributed by atoms with E-state index < -0.39 is 10.0 Å². The zero-order valence-electron chi connectivity index (χ0n) is 7.21. The third-order valence-corrected chi connectivity index (χ3v) is 2.61. The standard InChI is InChI=1S/C7H8Cl2N2O2S/c1-14(12,13)11-7-3-4(8)6(10)2-5(7)9/h2-3,11H,10H2,1H3. The number of nitrogen functional groups attached to an aromatic ring is 1. The lowest BCUT2D eigenvalue weighted by molar-refractivity contribution is 0.607. The molecule has 0 aliphatic heterocycles. The van der Waals surface area contributed by atoms with Crippen molar-refractivity contribution in [1.82, 2.24) is 0 Å². The van der Waals surface area contributed by atoms with Crippen molar-refractivity contribution in [3.8, 4) is 0 Å². The van der Waals surface area contributed by atoms with Crippen LogP contribution in [0.2, 0.25) is 10.0 Å². The van der Waals surface area contributed by atoms with Gasteiger partial charge in [0.2, 0.25) is 10.0 Å². The molecule has 0 fully saturated rings. The minimum Gasteiger partial charge on any atom is -0.397 e. The zero-order valence-corrected chi connectivity index (χ0v) is 9.54. The lowest BCUT2D eigenvalue weighted by atomic mass is 10.3. The van der Waals surface area contributed by atoms with Crippen molar-refractivity contribution in [2.75, 3.05) is 16.7 Å². The van der Waals surface area contributed by atoms with Crippen LogP contribution in [0.15, 0.2) is 12.1 Å². The van der Waals surface area contributed by atoms with Gasteiger partial charge in [0.05, 0.1) is 27.7 Å². The molecule has 3 N–H and O–H groups in total. The monoisotopic (exact) mass is 254 g/mol. The Bertz CT molecular complexity index is 459. The summed E-state index contributed by atoms with van der Waals surface area (Å²) in [5.41, 5.74) is 5.98. The number of sulfonamides is 1. The normalized spacial score (nSPS) is 11.4. The van der Waals surface area contributed by atoms with Crippen LogP contribution in [-0.2, 0) is 10.0 Å². The molecule has 4 nitrogen and oxygen atoms in total. The molecule has 1 aromatic rings. The van der Waals surface area contributed by atoms with Crippen LogP contribution in [0.25, 0.3) is 0 Å². The van der Waals surface area contributed by atoms with Gasteiger partial charge in [0.25, 0.3) is 0 Å². The first-order valence-electron chi connectivity index (χ1n) is 3.52. The van der Waals surface area contributed by atoms with Crippen LogP contribution < -0.4 is 10.5 Å². The van der Waals surface area contributed by atoms with E-state index in [-0.39, 0.29) is 15.7 Å². The van der Waals surface area contributed by atoms with Gasteiger partial charge in [-0.1, -0.05) is 23.2 Å². The van der Waals surface area contributed by atoms with Crippen molar-refractivity contribution in [3.63, 3.8) is 0 Å². The molecule has 0 aliphatic carbocycles. The van der Waals surface area contributed by atoms with Crippen molar-refractivity contribution < 1.29 is 8.42 Å². The number of halogens is 2. The molecule has 0 heterocycles. The maximum absolute atomic E-state index is 10.9. The number of benzene rings is 1. The summed E-state index contributed by atoms with van der Waals surface area (Å²) in [4.78, 5) is 0. The fourth-order valence-corrected chi connectivity index (χ4v) is 1.85. The molecule has 0 saturated carbocycles. The minimum atomic E-state index is -3.36. The largest absolute Gasteiger partial charge is 0.397 e. The molecule has 0 amide bonds. The molecule has 1 rings (SSSR count). The Morgan fingerprint density at radius 1 is 1.29 bits per heavy atom. The van der Waals surface area contributed by atoms with E-state index in [1.54, 1.807) is 0 Å². The third-order valence-electron chi connectivity index (χ3n) is 1.38. The van der Waals surface area contributed by atoms with Gasteiger partial charge < -0.3 is 5.73 Å². The molecule has 0 atom stereocenters. The van der Waals surface area contributed by atoms with Gasteiger partial charge in [-0.3, -0.25) is 4.72 Å². The van der Waals surface area contributed by atoms with E-state index in [2.05, 4.69) is 4.72 Å². The second-order valence-corrected chi connectivity index (χ2v) is 5.29. The molecule has 0 spiro atoms. The number of anilines is 2. The Hall–Kier alpha value is -0.650. The quantitative estimate of drug-likeness (QED) is 0.793. The Kier molecular flexibility index (Phi) is 3.14. The van der Waals surface area contributed by atoms with Crippen molar-refractivity contribution in [3.05, 3.63) is 22.2 Å². The highest BCUT2D eigenvalue weighted by atomic mass is 35.5. The van der Waals surface area contributed by atoms with Crippen LogP contribution in [0.5, 0.6) is 0 Å². The highest BCUT2D eigenvalue weighted by molar-refractivity contribution is 7.92. The molecule has 0 radical (unpaired) electrons. The third kappa shape index (κ3) is 2.94. The van der Waals surface area contributed by atoms with E-state index in [0.29, 0.717) is 5.69 Å². The molecular weight excluding hydrogens is 247 g/mol. The number of hydrogen-bond acceptors (Lipinski definition) is 3. The van der Waals surface area contributed by atoms with Gasteiger partial charge in [0.15, 0.2) is 0 Å². The lowest BCUT2D eigenvalue weighted by Crippen LogP contribution is -2.10. The smallest absolute Gasteiger partial charge is 0.229 e. The second kappa shape index (κ2) is 3.84. The van der Waals surface area contributed by atoms with Crippen LogP contribution >= 0.6 is 23.2 Å². The van der Waals surface area contributed by atoms with Crippen LogP contribution in [0.1, 0.15) is 0 Å². The van der Waals surface area contributed by atoms with Crippen molar-refractivity contribution in [1.29, 1.82) is 0 Å². The molecular formula is C7H8Cl2N2O2S. The summed E-state index contributed by atoms with van der Waals surface area (Å²) < 4.78 is 24.0. The number of hydrogen-bond donors (Lipinski definition) is 2. The fourth-order valence-electron chi connectivity index (χ4n) is 0.840. The first-order valence-corrected chi connectivity index (χ1v) is 6.16. The predicted molar refractivity (Wildman–Crippen MR) is 59.3 cm³/mol. The number of rotatable bonds is 2. The van der Waals surface area contributed by atoms with Gasteiger partial charge in [-0.15, -0.1) is 0 Å². The van der Waals surface area contributed by atoms with E-state index >= 15 is 0 Å². The number of nitrogens with one attached hydrogen (secondary N) is 1. The summed E-state index contributed by atoms with van der Waals surface area (Å²) in [5.74, 6) is 0. The minimum absolute atomic E-state index is 0.206. The SMILES string of the molecule is CS(=O)(=O)Nc1cc(Cl)c(N)cc1Cl. The van der Waals surface area contributed by atoms with E-state index in [1.165, 1.54) is 12.1 Å². The summed E-state index contributed by atoms with van der Waals surface area (Å²) in [6, 6.07) is 2.75. The topological polar surface area (TPSA) is 72.2 Å². The highest BCUT2D eigenvalue weighted by Gasteiger charge is 2.08. The van der Waals surface area contributed by atoms with Gasteiger partial charge in [-0.2, -0.15) is 0 Å². The zero-order chi connectivity index (χ0) is 10.9. The summed E-state index contributed by atoms with van der Waals surface area (Å²) in [5, 5.41) is 0.456. The molecule has 78 valence electrons. The van der Waals surface area contributed by atoms with Crippen LogP contribution in [-0.4, -0.2) is 14.7 Å². The molecule has 0 bridgehead atoms. The Labute approximate surface area is 92.1 Å². The fraction of sp³-hybridized carbons (Fsp3) is 0.143. The van der Waals surface area contributed by atoms with Gasteiger partial charge in [0, 0.05) is 0 Å². The second-order valence-electron chi connectivity index (χ2n) is 2.73. The van der Waals surface area contributed by atoms with Gasteiger partial charge in [0.1, 0.15) is 0 Å².